The molecular formula is C31H43N3O4. The molecule has 3 aliphatic heterocycles. The summed E-state index contributed by atoms with van der Waals surface area (Å²) < 4.78 is 11.6. The molecule has 0 bridgehead atoms. The van der Waals surface area contributed by atoms with Crippen LogP contribution in [0.1, 0.15) is 56.5 Å². The van der Waals surface area contributed by atoms with Crippen molar-refractivity contribution in [2.75, 3.05) is 56.2 Å². The van der Waals surface area contributed by atoms with Gasteiger partial charge in [-0.3, -0.25) is 4.79 Å². The SMILES string of the molecule is CC[C@H](O)COc1ccc2c(c1)CCN(c1ccc(N3CCC4CN(CC(C)(C)C)CC43)c(OC)c1)C2=O. The Bertz CT molecular complexity index is 1160. The number of nitrogens with zero attached hydrogens (tertiary/aromatic N) is 3. The Morgan fingerprint density at radius 1 is 1.11 bits per heavy atom. The van der Waals surface area contributed by atoms with Crippen molar-refractivity contribution in [3.8, 4) is 11.5 Å². The van der Waals surface area contributed by atoms with E-state index >= 15 is 0 Å². The van der Waals surface area contributed by atoms with Gasteiger partial charge in [-0.25, -0.2) is 0 Å². The minimum absolute atomic E-state index is 0.00366. The van der Waals surface area contributed by atoms with Crippen molar-refractivity contribution >= 4 is 17.3 Å². The van der Waals surface area contributed by atoms with Crippen molar-refractivity contribution in [1.82, 2.24) is 4.90 Å². The number of amides is 1. The normalized spacial score (nSPS) is 22.4. The molecule has 2 unspecified atom stereocenters. The van der Waals surface area contributed by atoms with Crippen LogP contribution in [0, 0.1) is 11.3 Å². The van der Waals surface area contributed by atoms with Gasteiger partial charge in [0, 0.05) is 56.1 Å². The molecule has 3 aliphatic rings. The van der Waals surface area contributed by atoms with Crippen LogP contribution in [0.15, 0.2) is 36.4 Å². The van der Waals surface area contributed by atoms with Gasteiger partial charge in [-0.2, -0.15) is 0 Å². The van der Waals surface area contributed by atoms with Gasteiger partial charge in [-0.15, -0.1) is 0 Å². The molecule has 0 aliphatic carbocycles. The number of benzene rings is 2. The predicted molar refractivity (Wildman–Crippen MR) is 152 cm³/mol. The summed E-state index contributed by atoms with van der Waals surface area (Å²) in [6.45, 7) is 14.2. The summed E-state index contributed by atoms with van der Waals surface area (Å²) >= 11 is 0. The van der Waals surface area contributed by atoms with Crippen LogP contribution in [0.2, 0.25) is 0 Å². The van der Waals surface area contributed by atoms with Gasteiger partial charge in [0.2, 0.25) is 0 Å². The number of ether oxygens (including phenoxy) is 2. The number of anilines is 2. The first-order valence-corrected chi connectivity index (χ1v) is 14.1. The molecule has 0 saturated carbocycles. The van der Waals surface area contributed by atoms with E-state index in [1.54, 1.807) is 7.11 Å². The molecule has 2 aromatic carbocycles. The number of carbonyl (C=O) groups excluding carboxylic acids is 1. The zero-order valence-electron chi connectivity index (χ0n) is 23.6. The van der Waals surface area contributed by atoms with Crippen LogP contribution < -0.4 is 19.3 Å². The van der Waals surface area contributed by atoms with Crippen LogP contribution in [0.4, 0.5) is 11.4 Å². The first kappa shape index (κ1) is 26.8. The Kier molecular flexibility index (Phi) is 7.60. The number of methoxy groups -OCH3 is 1. The first-order valence-electron chi connectivity index (χ1n) is 14.1. The quantitative estimate of drug-likeness (QED) is 0.548. The zero-order valence-corrected chi connectivity index (χ0v) is 23.6. The highest BCUT2D eigenvalue weighted by Gasteiger charge is 2.42. The molecule has 2 saturated heterocycles. The Morgan fingerprint density at radius 2 is 1.92 bits per heavy atom. The maximum Gasteiger partial charge on any atom is 0.258 e. The van der Waals surface area contributed by atoms with Gasteiger partial charge in [-0.05, 0) is 66.5 Å². The lowest BCUT2D eigenvalue weighted by molar-refractivity contribution is 0.0978. The molecule has 7 nitrogen and oxygen atoms in total. The van der Waals surface area contributed by atoms with Crippen molar-refractivity contribution in [3.63, 3.8) is 0 Å². The summed E-state index contributed by atoms with van der Waals surface area (Å²) in [4.78, 5) is 20.5. The molecule has 0 radical (unpaired) electrons. The maximum atomic E-state index is 13.5. The molecule has 3 heterocycles. The number of aliphatic hydroxyl groups is 1. The van der Waals surface area contributed by atoms with E-state index in [0.29, 0.717) is 41.7 Å². The summed E-state index contributed by atoms with van der Waals surface area (Å²) in [5.41, 5.74) is 3.98. The zero-order chi connectivity index (χ0) is 27.0. The second-order valence-electron chi connectivity index (χ2n) is 12.3. The second kappa shape index (κ2) is 10.8. The number of rotatable bonds is 8. The van der Waals surface area contributed by atoms with E-state index < -0.39 is 6.10 Å². The summed E-state index contributed by atoms with van der Waals surface area (Å²) in [5, 5.41) is 9.79. The van der Waals surface area contributed by atoms with Gasteiger partial charge < -0.3 is 29.3 Å². The minimum Gasteiger partial charge on any atom is -0.495 e. The molecule has 1 amide bonds. The molecule has 3 atom stereocenters. The van der Waals surface area contributed by atoms with Gasteiger partial charge in [0.25, 0.3) is 5.91 Å². The van der Waals surface area contributed by atoms with Gasteiger partial charge in [0.05, 0.1) is 18.9 Å². The molecule has 38 heavy (non-hydrogen) atoms. The topological polar surface area (TPSA) is 65.5 Å². The highest BCUT2D eigenvalue weighted by Crippen LogP contribution is 2.42. The summed E-state index contributed by atoms with van der Waals surface area (Å²) in [6.07, 6.45) is 2.12. The highest BCUT2D eigenvalue weighted by molar-refractivity contribution is 6.08. The van der Waals surface area contributed by atoms with Crippen LogP contribution in [-0.4, -0.2) is 74.5 Å². The summed E-state index contributed by atoms with van der Waals surface area (Å²) in [7, 11) is 1.72. The molecule has 2 aromatic rings. The van der Waals surface area contributed by atoms with Gasteiger partial charge >= 0.3 is 0 Å². The number of fused-ring (bicyclic) bond motifs is 2. The Balaban J connectivity index is 1.31. The molecular weight excluding hydrogens is 478 g/mol. The largest absolute Gasteiger partial charge is 0.495 e. The lowest BCUT2D eigenvalue weighted by atomic mass is 9.96. The molecule has 7 heteroatoms. The van der Waals surface area contributed by atoms with Crippen molar-refractivity contribution < 1.29 is 19.4 Å². The second-order valence-corrected chi connectivity index (χ2v) is 12.3. The minimum atomic E-state index is -0.483. The van der Waals surface area contributed by atoms with E-state index in [-0.39, 0.29) is 12.5 Å². The highest BCUT2D eigenvalue weighted by atomic mass is 16.5. The summed E-state index contributed by atoms with van der Waals surface area (Å²) in [6, 6.07) is 12.3. The van der Waals surface area contributed by atoms with E-state index in [1.807, 2.05) is 36.1 Å². The fourth-order valence-corrected chi connectivity index (χ4v) is 6.33. The Labute approximate surface area is 227 Å². The van der Waals surface area contributed by atoms with Crippen LogP contribution in [0.5, 0.6) is 11.5 Å². The van der Waals surface area contributed by atoms with Crippen molar-refractivity contribution in [3.05, 3.63) is 47.5 Å². The lowest BCUT2D eigenvalue weighted by Crippen LogP contribution is -2.38. The third-order valence-electron chi connectivity index (χ3n) is 8.18. The molecule has 0 aromatic heterocycles. The molecule has 206 valence electrons. The first-order chi connectivity index (χ1) is 18.2. The van der Waals surface area contributed by atoms with Crippen LogP contribution in [0.25, 0.3) is 0 Å². The van der Waals surface area contributed by atoms with Crippen molar-refractivity contribution in [1.29, 1.82) is 0 Å². The molecule has 1 N–H and O–H groups in total. The third-order valence-corrected chi connectivity index (χ3v) is 8.18. The number of aliphatic hydroxyl groups excluding tert-OH is 1. The van der Waals surface area contributed by atoms with Crippen molar-refractivity contribution in [2.24, 2.45) is 11.3 Å². The van der Waals surface area contributed by atoms with E-state index in [1.165, 1.54) is 13.0 Å². The fraction of sp³-hybridized carbons (Fsp3) is 0.581. The predicted octanol–water partition coefficient (Wildman–Crippen LogP) is 4.60. The average Bonchev–Trinajstić information content (AvgIpc) is 3.46. The van der Waals surface area contributed by atoms with Gasteiger partial charge in [-0.1, -0.05) is 27.7 Å². The Hall–Kier alpha value is -2.77. The van der Waals surface area contributed by atoms with E-state index in [2.05, 4.69) is 42.7 Å². The van der Waals surface area contributed by atoms with E-state index in [0.717, 1.165) is 48.7 Å². The third kappa shape index (κ3) is 5.50. The van der Waals surface area contributed by atoms with Gasteiger partial charge in [0.1, 0.15) is 18.1 Å². The monoisotopic (exact) mass is 521 g/mol. The fourth-order valence-electron chi connectivity index (χ4n) is 6.33. The number of likely N-dealkylation sites (tertiary alicyclic amines) is 1. The summed E-state index contributed by atoms with van der Waals surface area (Å²) in [5.74, 6) is 2.21. The maximum absolute atomic E-state index is 13.5. The smallest absolute Gasteiger partial charge is 0.258 e. The number of hydrogen-bond acceptors (Lipinski definition) is 6. The molecule has 0 spiro atoms. The molecule has 5 rings (SSSR count). The lowest BCUT2D eigenvalue weighted by Gasteiger charge is -2.32. The van der Waals surface area contributed by atoms with Crippen LogP contribution >= 0.6 is 0 Å². The number of carbonyl (C=O) groups is 1. The molecule has 2 fully saturated rings. The van der Waals surface area contributed by atoms with Crippen molar-refractivity contribution in [2.45, 2.75) is 59.1 Å². The van der Waals surface area contributed by atoms with E-state index in [9.17, 15) is 9.90 Å². The van der Waals surface area contributed by atoms with E-state index in [4.69, 9.17) is 9.47 Å². The standard InChI is InChI=1S/C31H43N3O4/c1-6-24(35)19-38-25-8-9-26-21(15-25)11-13-33(30(26)36)23-7-10-27(29(16-23)37-5)34-14-12-22-17-32(18-28(22)34)20-31(2,3)4/h7-10,15-16,22,24,28,35H,6,11-14,17-20H2,1-5H3/t22?,24-,28?/m0/s1. The number of hydrogen-bond donors (Lipinski definition) is 1. The average molecular weight is 522 g/mol. The van der Waals surface area contributed by atoms with Gasteiger partial charge in [0.15, 0.2) is 0 Å². The van der Waals surface area contributed by atoms with Crippen LogP contribution in [0.3, 0.4) is 0 Å². The van der Waals surface area contributed by atoms with Crippen LogP contribution in [-0.2, 0) is 6.42 Å². The Morgan fingerprint density at radius 3 is 2.66 bits per heavy atom.